The molecule has 0 bridgehead atoms. The summed E-state index contributed by atoms with van der Waals surface area (Å²) in [6, 6.07) is 6.27. The third-order valence-electron chi connectivity index (χ3n) is 4.17. The summed E-state index contributed by atoms with van der Waals surface area (Å²) in [7, 11) is 1.49. The molecule has 0 saturated carbocycles. The zero-order chi connectivity index (χ0) is 16.8. The van der Waals surface area contributed by atoms with E-state index in [4.69, 9.17) is 10.5 Å². The highest BCUT2D eigenvalue weighted by Gasteiger charge is 2.24. The van der Waals surface area contributed by atoms with Crippen LogP contribution in [0.25, 0.3) is 0 Å². The Bertz CT molecular complexity index is 554. The molecule has 2 rings (SSSR count). The first-order chi connectivity index (χ1) is 11.0. The fourth-order valence-corrected chi connectivity index (χ4v) is 2.64. The van der Waals surface area contributed by atoms with E-state index in [-0.39, 0.29) is 18.4 Å². The van der Waals surface area contributed by atoms with Crippen LogP contribution in [0.2, 0.25) is 0 Å². The van der Waals surface area contributed by atoms with Gasteiger partial charge < -0.3 is 20.7 Å². The predicted octanol–water partition coefficient (Wildman–Crippen LogP) is 1.47. The van der Waals surface area contributed by atoms with Crippen LogP contribution in [0.1, 0.15) is 30.1 Å². The minimum absolute atomic E-state index is 0.0480. The number of carbonyl (C=O) groups is 2. The van der Waals surface area contributed by atoms with E-state index in [1.54, 1.807) is 24.3 Å². The van der Waals surface area contributed by atoms with E-state index in [9.17, 15) is 9.59 Å². The van der Waals surface area contributed by atoms with E-state index < -0.39 is 6.04 Å². The minimum Gasteiger partial charge on any atom is -0.383 e. The molecule has 1 aliphatic rings. The normalized spacial score (nSPS) is 16.9. The van der Waals surface area contributed by atoms with Crippen LogP contribution in [0.4, 0.5) is 5.69 Å². The molecule has 1 aromatic rings. The van der Waals surface area contributed by atoms with Crippen molar-refractivity contribution in [3.05, 3.63) is 29.8 Å². The Morgan fingerprint density at radius 3 is 2.65 bits per heavy atom. The first-order valence-electron chi connectivity index (χ1n) is 7.96. The average molecular weight is 319 g/mol. The molecule has 2 amide bonds. The van der Waals surface area contributed by atoms with E-state index in [1.165, 1.54) is 7.11 Å². The van der Waals surface area contributed by atoms with Gasteiger partial charge in [-0.05, 0) is 30.9 Å². The summed E-state index contributed by atoms with van der Waals surface area (Å²) >= 11 is 0. The number of hydrogen-bond acceptors (Lipinski definition) is 4. The molecule has 1 heterocycles. The molecule has 1 fully saturated rings. The number of carbonyl (C=O) groups excluding carboxylic acids is 2. The summed E-state index contributed by atoms with van der Waals surface area (Å²) in [4.78, 5) is 26.6. The fourth-order valence-electron chi connectivity index (χ4n) is 2.64. The molecule has 0 spiro atoms. The first-order valence-corrected chi connectivity index (χ1v) is 7.96. The summed E-state index contributed by atoms with van der Waals surface area (Å²) in [5.41, 5.74) is 6.72. The zero-order valence-electron chi connectivity index (χ0n) is 13.7. The van der Waals surface area contributed by atoms with Crippen LogP contribution in [0, 0.1) is 5.92 Å². The van der Waals surface area contributed by atoms with Gasteiger partial charge in [-0.1, -0.05) is 19.1 Å². The number of nitrogens with zero attached hydrogens (tertiary/aromatic N) is 1. The lowest BCUT2D eigenvalue weighted by Crippen LogP contribution is -2.40. The van der Waals surface area contributed by atoms with E-state index >= 15 is 0 Å². The van der Waals surface area contributed by atoms with Crippen molar-refractivity contribution in [3.8, 4) is 0 Å². The van der Waals surface area contributed by atoms with Crippen LogP contribution in [-0.4, -0.2) is 49.6 Å². The third-order valence-corrected chi connectivity index (χ3v) is 4.17. The molecule has 1 aromatic carbocycles. The molecule has 1 unspecified atom stereocenters. The maximum Gasteiger partial charge on any atom is 0.255 e. The first kappa shape index (κ1) is 17.4. The van der Waals surface area contributed by atoms with E-state index in [0.717, 1.165) is 25.9 Å². The smallest absolute Gasteiger partial charge is 0.255 e. The maximum absolute atomic E-state index is 12.7. The molecule has 0 aromatic heterocycles. The Labute approximate surface area is 137 Å². The average Bonchev–Trinajstić information content (AvgIpc) is 2.55. The van der Waals surface area contributed by atoms with Gasteiger partial charge in [0.05, 0.1) is 17.9 Å². The monoisotopic (exact) mass is 319 g/mol. The van der Waals surface area contributed by atoms with Gasteiger partial charge in [-0.15, -0.1) is 0 Å². The topological polar surface area (TPSA) is 84.7 Å². The molecular formula is C17H25N3O3. The molecule has 6 nitrogen and oxygen atoms in total. The number of benzene rings is 1. The minimum atomic E-state index is -0.765. The molecule has 1 atom stereocenters. The van der Waals surface area contributed by atoms with Gasteiger partial charge >= 0.3 is 0 Å². The predicted molar refractivity (Wildman–Crippen MR) is 89.2 cm³/mol. The van der Waals surface area contributed by atoms with Gasteiger partial charge in [0.15, 0.2) is 0 Å². The van der Waals surface area contributed by atoms with Crippen LogP contribution >= 0.6 is 0 Å². The van der Waals surface area contributed by atoms with Crippen molar-refractivity contribution in [1.29, 1.82) is 0 Å². The van der Waals surface area contributed by atoms with Crippen molar-refractivity contribution < 1.29 is 14.3 Å². The summed E-state index contributed by atoms with van der Waals surface area (Å²) in [5.74, 6) is 0.244. The van der Waals surface area contributed by atoms with Gasteiger partial charge in [-0.3, -0.25) is 9.59 Å². The Morgan fingerprint density at radius 2 is 2.00 bits per heavy atom. The maximum atomic E-state index is 12.7. The van der Waals surface area contributed by atoms with Gasteiger partial charge in [0.1, 0.15) is 6.04 Å². The number of methoxy groups -OCH3 is 1. The molecule has 1 saturated heterocycles. The second-order valence-corrected chi connectivity index (χ2v) is 6.07. The van der Waals surface area contributed by atoms with Crippen LogP contribution in [-0.2, 0) is 9.53 Å². The molecule has 1 aliphatic heterocycles. The molecule has 126 valence electrons. The van der Waals surface area contributed by atoms with Gasteiger partial charge in [-0.2, -0.15) is 0 Å². The van der Waals surface area contributed by atoms with Gasteiger partial charge in [0.25, 0.3) is 5.91 Å². The second kappa shape index (κ2) is 8.08. The largest absolute Gasteiger partial charge is 0.383 e. The van der Waals surface area contributed by atoms with Crippen molar-refractivity contribution in [2.24, 2.45) is 11.7 Å². The van der Waals surface area contributed by atoms with Crippen molar-refractivity contribution in [2.45, 2.75) is 25.8 Å². The quantitative estimate of drug-likeness (QED) is 0.861. The SMILES string of the molecule is COCC(N)C(=O)Nc1ccccc1C(=O)N1CCC(C)CC1. The second-order valence-electron chi connectivity index (χ2n) is 6.07. The summed E-state index contributed by atoms with van der Waals surface area (Å²) in [5, 5.41) is 2.73. The summed E-state index contributed by atoms with van der Waals surface area (Å²) in [6.07, 6.45) is 2.03. The Balaban J connectivity index is 2.10. The highest BCUT2D eigenvalue weighted by molar-refractivity contribution is 6.04. The highest BCUT2D eigenvalue weighted by atomic mass is 16.5. The number of para-hydroxylation sites is 1. The lowest BCUT2D eigenvalue weighted by molar-refractivity contribution is -0.118. The van der Waals surface area contributed by atoms with Crippen LogP contribution in [0.5, 0.6) is 0 Å². The summed E-state index contributed by atoms with van der Waals surface area (Å²) in [6.45, 7) is 3.84. The highest BCUT2D eigenvalue weighted by Crippen LogP contribution is 2.22. The Hall–Kier alpha value is -1.92. The van der Waals surface area contributed by atoms with Crippen molar-refractivity contribution in [2.75, 3.05) is 32.1 Å². The standard InChI is InChI=1S/C17H25N3O3/c1-12-7-9-20(10-8-12)17(22)13-5-3-4-6-15(13)19-16(21)14(18)11-23-2/h3-6,12,14H,7-11,18H2,1-2H3,(H,19,21). The molecular weight excluding hydrogens is 294 g/mol. The lowest BCUT2D eigenvalue weighted by atomic mass is 9.98. The molecule has 23 heavy (non-hydrogen) atoms. The number of hydrogen-bond donors (Lipinski definition) is 2. The van der Waals surface area contributed by atoms with Crippen LogP contribution < -0.4 is 11.1 Å². The number of rotatable bonds is 5. The number of likely N-dealkylation sites (tertiary alicyclic amines) is 1. The third kappa shape index (κ3) is 4.53. The summed E-state index contributed by atoms with van der Waals surface area (Å²) < 4.78 is 4.88. The lowest BCUT2D eigenvalue weighted by Gasteiger charge is -2.30. The molecule has 0 radical (unpaired) electrons. The number of anilines is 1. The number of piperidine rings is 1. The molecule has 3 N–H and O–H groups in total. The van der Waals surface area contributed by atoms with Gasteiger partial charge in [-0.25, -0.2) is 0 Å². The molecule has 6 heteroatoms. The number of nitrogens with one attached hydrogen (secondary N) is 1. The van der Waals surface area contributed by atoms with Gasteiger partial charge in [0, 0.05) is 20.2 Å². The van der Waals surface area contributed by atoms with Crippen LogP contribution in [0.3, 0.4) is 0 Å². The Kier molecular flexibility index (Phi) is 6.12. The van der Waals surface area contributed by atoms with Crippen molar-refractivity contribution in [1.82, 2.24) is 4.90 Å². The number of nitrogens with two attached hydrogens (primary N) is 1. The zero-order valence-corrected chi connectivity index (χ0v) is 13.7. The number of amides is 2. The molecule has 0 aliphatic carbocycles. The van der Waals surface area contributed by atoms with E-state index in [2.05, 4.69) is 12.2 Å². The van der Waals surface area contributed by atoms with Crippen LogP contribution in [0.15, 0.2) is 24.3 Å². The van der Waals surface area contributed by atoms with Crippen molar-refractivity contribution in [3.63, 3.8) is 0 Å². The number of ether oxygens (including phenoxy) is 1. The Morgan fingerprint density at radius 1 is 1.35 bits per heavy atom. The van der Waals surface area contributed by atoms with Gasteiger partial charge in [0.2, 0.25) is 5.91 Å². The van der Waals surface area contributed by atoms with Crippen molar-refractivity contribution >= 4 is 17.5 Å². The fraction of sp³-hybridized carbons (Fsp3) is 0.529. The van der Waals surface area contributed by atoms with E-state index in [0.29, 0.717) is 17.2 Å². The van der Waals surface area contributed by atoms with E-state index in [1.807, 2.05) is 4.90 Å².